The fourth-order valence-corrected chi connectivity index (χ4v) is 2.29. The molecule has 0 aliphatic heterocycles. The number of carboxylic acid groups (broad SMARTS) is 1. The van der Waals surface area contributed by atoms with Gasteiger partial charge in [0.15, 0.2) is 0 Å². The number of carbonyl (C=O) groups is 1. The van der Waals surface area contributed by atoms with Gasteiger partial charge >= 0.3 is 5.97 Å². The number of rotatable bonds is 1. The van der Waals surface area contributed by atoms with Gasteiger partial charge in [-0.3, -0.25) is 4.79 Å². The third-order valence-electron chi connectivity index (χ3n) is 3.57. The Morgan fingerprint density at radius 2 is 1.70 bits per heavy atom. The third kappa shape index (κ3) is 2.22. The Labute approximate surface area is 117 Å². The van der Waals surface area contributed by atoms with E-state index in [1.165, 1.54) is 6.20 Å². The Balaban J connectivity index is 3.05. The number of hydrogen-bond acceptors (Lipinski definition) is 2. The molecule has 0 unspecified atom stereocenters. The van der Waals surface area contributed by atoms with Crippen molar-refractivity contribution in [3.63, 3.8) is 0 Å². The molecule has 0 aliphatic carbocycles. The van der Waals surface area contributed by atoms with E-state index in [1.807, 2.05) is 45.3 Å². The van der Waals surface area contributed by atoms with Crippen molar-refractivity contribution < 1.29 is 9.90 Å². The third-order valence-corrected chi connectivity index (χ3v) is 3.57. The molecule has 0 saturated heterocycles. The van der Waals surface area contributed by atoms with Crippen LogP contribution in [-0.2, 0) is 5.54 Å². The monoisotopic (exact) mass is 273 g/mol. The first-order chi connectivity index (χ1) is 9.12. The van der Waals surface area contributed by atoms with Gasteiger partial charge in [0.25, 0.3) is 0 Å². The van der Waals surface area contributed by atoms with E-state index in [0.29, 0.717) is 5.39 Å². The average Bonchev–Trinajstić information content (AvgIpc) is 2.30. The minimum absolute atomic E-state index is 0.185. The van der Waals surface area contributed by atoms with Crippen LogP contribution in [0.2, 0.25) is 0 Å². The van der Waals surface area contributed by atoms with E-state index in [9.17, 15) is 14.7 Å². The summed E-state index contributed by atoms with van der Waals surface area (Å²) in [5.74, 6) is -1.19. The fraction of sp³-hybridized carbons (Fsp3) is 0.375. The first kappa shape index (κ1) is 14.3. The van der Waals surface area contributed by atoms with E-state index in [1.54, 1.807) is 6.07 Å². The molecule has 1 aromatic carbocycles. The molecule has 2 rings (SSSR count). The Hall–Kier alpha value is -2.10. The molecule has 1 N–H and O–H groups in total. The standard InChI is InChI=1S/C16H19NO3/c1-9-6-11-13(7-10(9)2)17(16(3,4)5)8-12(14(11)18)15(19)20/h6-8H,1-5H3,(H,19,20). The topological polar surface area (TPSA) is 59.3 Å². The highest BCUT2D eigenvalue weighted by Crippen LogP contribution is 2.24. The highest BCUT2D eigenvalue weighted by atomic mass is 16.4. The number of benzene rings is 1. The Morgan fingerprint density at radius 1 is 1.15 bits per heavy atom. The number of aryl methyl sites for hydroxylation is 2. The smallest absolute Gasteiger partial charge is 0.341 e. The van der Waals surface area contributed by atoms with Crippen molar-refractivity contribution in [1.82, 2.24) is 4.57 Å². The summed E-state index contributed by atoms with van der Waals surface area (Å²) in [4.78, 5) is 23.6. The van der Waals surface area contributed by atoms with Crippen LogP contribution in [0.3, 0.4) is 0 Å². The SMILES string of the molecule is Cc1cc2c(=O)c(C(=O)O)cn(C(C)(C)C)c2cc1C. The highest BCUT2D eigenvalue weighted by Gasteiger charge is 2.21. The minimum atomic E-state index is -1.19. The molecule has 20 heavy (non-hydrogen) atoms. The molecule has 2 aromatic rings. The molecule has 0 atom stereocenters. The van der Waals surface area contributed by atoms with E-state index in [2.05, 4.69) is 0 Å². The molecule has 0 radical (unpaired) electrons. The summed E-state index contributed by atoms with van der Waals surface area (Å²) < 4.78 is 1.86. The minimum Gasteiger partial charge on any atom is -0.477 e. The zero-order valence-corrected chi connectivity index (χ0v) is 12.4. The molecular weight excluding hydrogens is 254 g/mol. The Bertz CT molecular complexity index is 764. The van der Waals surface area contributed by atoms with Gasteiger partial charge in [0, 0.05) is 17.1 Å². The Kier molecular flexibility index (Phi) is 3.20. The van der Waals surface area contributed by atoms with Crippen LogP contribution in [0.5, 0.6) is 0 Å². The molecule has 0 saturated carbocycles. The maximum absolute atomic E-state index is 12.3. The number of pyridine rings is 1. The summed E-state index contributed by atoms with van der Waals surface area (Å²) in [6.07, 6.45) is 1.45. The lowest BCUT2D eigenvalue weighted by Crippen LogP contribution is -2.27. The molecular formula is C16H19NO3. The molecule has 0 spiro atoms. The molecule has 4 heteroatoms. The van der Waals surface area contributed by atoms with Crippen molar-refractivity contribution in [2.24, 2.45) is 0 Å². The second kappa shape index (κ2) is 4.47. The van der Waals surface area contributed by atoms with Crippen molar-refractivity contribution in [1.29, 1.82) is 0 Å². The number of aromatic nitrogens is 1. The van der Waals surface area contributed by atoms with Crippen LogP contribution in [0, 0.1) is 13.8 Å². The van der Waals surface area contributed by atoms with Crippen LogP contribution in [0.25, 0.3) is 10.9 Å². The predicted octanol–water partition coefficient (Wildman–Crippen LogP) is 3.07. The summed E-state index contributed by atoms with van der Waals surface area (Å²) in [7, 11) is 0. The largest absolute Gasteiger partial charge is 0.477 e. The van der Waals surface area contributed by atoms with E-state index in [0.717, 1.165) is 16.6 Å². The zero-order chi connectivity index (χ0) is 15.2. The van der Waals surface area contributed by atoms with Crippen molar-refractivity contribution in [2.45, 2.75) is 40.2 Å². The summed E-state index contributed by atoms with van der Waals surface area (Å²) in [5, 5.41) is 9.69. The molecule has 1 heterocycles. The second-order valence-electron chi connectivity index (χ2n) is 6.17. The molecule has 0 aliphatic rings. The van der Waals surface area contributed by atoms with E-state index >= 15 is 0 Å². The summed E-state index contributed by atoms with van der Waals surface area (Å²) in [5.41, 5.74) is 1.93. The number of aromatic carboxylic acids is 1. The van der Waals surface area contributed by atoms with Gasteiger partial charge in [0.1, 0.15) is 5.56 Å². The van der Waals surface area contributed by atoms with Crippen LogP contribution in [0.4, 0.5) is 0 Å². The Morgan fingerprint density at radius 3 is 2.20 bits per heavy atom. The van der Waals surface area contributed by atoms with E-state index < -0.39 is 11.4 Å². The molecule has 106 valence electrons. The average molecular weight is 273 g/mol. The second-order valence-corrected chi connectivity index (χ2v) is 6.17. The molecule has 0 bridgehead atoms. The lowest BCUT2D eigenvalue weighted by molar-refractivity contribution is 0.0694. The van der Waals surface area contributed by atoms with Gasteiger partial charge in [-0.1, -0.05) is 0 Å². The van der Waals surface area contributed by atoms with Gasteiger partial charge in [-0.2, -0.15) is 0 Å². The molecule has 1 aromatic heterocycles. The van der Waals surface area contributed by atoms with E-state index in [4.69, 9.17) is 0 Å². The van der Waals surface area contributed by atoms with Gasteiger partial charge in [-0.05, 0) is 57.9 Å². The van der Waals surface area contributed by atoms with Gasteiger partial charge in [-0.25, -0.2) is 4.79 Å². The first-order valence-corrected chi connectivity index (χ1v) is 6.53. The summed E-state index contributed by atoms with van der Waals surface area (Å²) >= 11 is 0. The lowest BCUT2D eigenvalue weighted by Gasteiger charge is -2.26. The van der Waals surface area contributed by atoms with Crippen molar-refractivity contribution in [2.75, 3.05) is 0 Å². The van der Waals surface area contributed by atoms with Crippen molar-refractivity contribution >= 4 is 16.9 Å². The van der Waals surface area contributed by atoms with Crippen LogP contribution in [-0.4, -0.2) is 15.6 Å². The quantitative estimate of drug-likeness (QED) is 0.868. The molecule has 0 fully saturated rings. The normalized spacial score (nSPS) is 11.8. The highest BCUT2D eigenvalue weighted by molar-refractivity contribution is 5.93. The lowest BCUT2D eigenvalue weighted by atomic mass is 10.0. The molecule has 0 amide bonds. The van der Waals surface area contributed by atoms with Crippen molar-refractivity contribution in [3.8, 4) is 0 Å². The van der Waals surface area contributed by atoms with Crippen molar-refractivity contribution in [3.05, 3.63) is 45.2 Å². The number of fused-ring (bicyclic) bond motifs is 1. The summed E-state index contributed by atoms with van der Waals surface area (Å²) in [6, 6.07) is 3.73. The van der Waals surface area contributed by atoms with Crippen LogP contribution in [0.1, 0.15) is 42.3 Å². The van der Waals surface area contributed by atoms with E-state index in [-0.39, 0.29) is 11.1 Å². The maximum atomic E-state index is 12.3. The van der Waals surface area contributed by atoms with Crippen LogP contribution < -0.4 is 5.43 Å². The fourth-order valence-electron chi connectivity index (χ4n) is 2.29. The van der Waals surface area contributed by atoms with Crippen LogP contribution in [0.15, 0.2) is 23.1 Å². The van der Waals surface area contributed by atoms with Crippen LogP contribution >= 0.6 is 0 Å². The first-order valence-electron chi connectivity index (χ1n) is 6.53. The van der Waals surface area contributed by atoms with Gasteiger partial charge < -0.3 is 9.67 Å². The number of carboxylic acids is 1. The molecule has 4 nitrogen and oxygen atoms in total. The van der Waals surface area contributed by atoms with Gasteiger partial charge in [0.05, 0.1) is 5.52 Å². The summed E-state index contributed by atoms with van der Waals surface area (Å²) in [6.45, 7) is 9.85. The zero-order valence-electron chi connectivity index (χ0n) is 12.4. The maximum Gasteiger partial charge on any atom is 0.341 e. The predicted molar refractivity (Wildman–Crippen MR) is 79.6 cm³/mol. The number of nitrogens with zero attached hydrogens (tertiary/aromatic N) is 1. The number of hydrogen-bond donors (Lipinski definition) is 1. The van der Waals surface area contributed by atoms with Gasteiger partial charge in [0.2, 0.25) is 5.43 Å². The van der Waals surface area contributed by atoms with Gasteiger partial charge in [-0.15, -0.1) is 0 Å².